The SMILES string of the molecule is CCN(C(=O)c1cccc(Cl)c1Cl)c1ccc(C)cc1C. The van der Waals surface area contributed by atoms with Crippen molar-refractivity contribution in [1.29, 1.82) is 0 Å². The summed E-state index contributed by atoms with van der Waals surface area (Å²) >= 11 is 12.2. The zero-order valence-electron chi connectivity index (χ0n) is 12.3. The second kappa shape index (κ2) is 6.50. The summed E-state index contributed by atoms with van der Waals surface area (Å²) in [6.07, 6.45) is 0. The molecule has 0 unspecified atom stereocenters. The number of halogens is 2. The van der Waals surface area contributed by atoms with Crippen molar-refractivity contribution in [2.24, 2.45) is 0 Å². The first-order valence-electron chi connectivity index (χ1n) is 6.78. The fourth-order valence-electron chi connectivity index (χ4n) is 2.35. The van der Waals surface area contributed by atoms with Crippen LogP contribution >= 0.6 is 23.2 Å². The molecule has 110 valence electrons. The molecule has 0 saturated carbocycles. The highest BCUT2D eigenvalue weighted by atomic mass is 35.5. The van der Waals surface area contributed by atoms with E-state index in [4.69, 9.17) is 23.2 Å². The third kappa shape index (κ3) is 3.22. The van der Waals surface area contributed by atoms with Crippen LogP contribution < -0.4 is 4.90 Å². The Labute approximate surface area is 135 Å². The van der Waals surface area contributed by atoms with E-state index < -0.39 is 0 Å². The van der Waals surface area contributed by atoms with Gasteiger partial charge in [0, 0.05) is 12.2 Å². The molecule has 0 radical (unpaired) electrons. The summed E-state index contributed by atoms with van der Waals surface area (Å²) in [6, 6.07) is 11.1. The fourth-order valence-corrected chi connectivity index (χ4v) is 2.73. The van der Waals surface area contributed by atoms with Gasteiger partial charge in [-0.15, -0.1) is 0 Å². The van der Waals surface area contributed by atoms with Crippen LogP contribution in [-0.2, 0) is 0 Å². The van der Waals surface area contributed by atoms with E-state index in [2.05, 4.69) is 6.07 Å². The van der Waals surface area contributed by atoms with Crippen molar-refractivity contribution in [3.63, 3.8) is 0 Å². The number of hydrogen-bond donors (Lipinski definition) is 0. The van der Waals surface area contributed by atoms with Crippen LogP contribution in [0.15, 0.2) is 36.4 Å². The summed E-state index contributed by atoms with van der Waals surface area (Å²) < 4.78 is 0. The maximum absolute atomic E-state index is 12.8. The van der Waals surface area contributed by atoms with Gasteiger partial charge in [0.05, 0.1) is 15.6 Å². The van der Waals surface area contributed by atoms with Gasteiger partial charge in [0.1, 0.15) is 0 Å². The number of carbonyl (C=O) groups excluding carboxylic acids is 1. The van der Waals surface area contributed by atoms with Crippen LogP contribution in [0.3, 0.4) is 0 Å². The Morgan fingerprint density at radius 1 is 1.14 bits per heavy atom. The van der Waals surface area contributed by atoms with Gasteiger partial charge in [-0.1, -0.05) is 47.0 Å². The number of amides is 1. The molecule has 0 fully saturated rings. The quantitative estimate of drug-likeness (QED) is 0.753. The number of anilines is 1. The van der Waals surface area contributed by atoms with Crippen LogP contribution in [0.5, 0.6) is 0 Å². The van der Waals surface area contributed by atoms with Crippen molar-refractivity contribution in [1.82, 2.24) is 0 Å². The summed E-state index contributed by atoms with van der Waals surface area (Å²) in [7, 11) is 0. The molecule has 2 nitrogen and oxygen atoms in total. The molecule has 0 atom stereocenters. The Hall–Kier alpha value is -1.51. The van der Waals surface area contributed by atoms with Gasteiger partial charge in [-0.05, 0) is 44.5 Å². The molecule has 1 amide bonds. The number of benzene rings is 2. The van der Waals surface area contributed by atoms with Crippen molar-refractivity contribution in [3.8, 4) is 0 Å². The summed E-state index contributed by atoms with van der Waals surface area (Å²) in [6.45, 7) is 6.53. The van der Waals surface area contributed by atoms with E-state index in [9.17, 15) is 4.79 Å². The Kier molecular flexibility index (Phi) is 4.92. The van der Waals surface area contributed by atoms with E-state index in [-0.39, 0.29) is 5.91 Å². The van der Waals surface area contributed by atoms with Crippen molar-refractivity contribution in [3.05, 3.63) is 63.1 Å². The number of carbonyl (C=O) groups is 1. The molecule has 2 aromatic rings. The minimum atomic E-state index is -0.142. The lowest BCUT2D eigenvalue weighted by molar-refractivity contribution is 0.0988. The van der Waals surface area contributed by atoms with Gasteiger partial charge in [0.25, 0.3) is 5.91 Å². The lowest BCUT2D eigenvalue weighted by Gasteiger charge is -2.24. The monoisotopic (exact) mass is 321 g/mol. The van der Waals surface area contributed by atoms with Gasteiger partial charge < -0.3 is 4.90 Å². The van der Waals surface area contributed by atoms with Crippen molar-refractivity contribution >= 4 is 34.8 Å². The second-order valence-corrected chi connectivity index (χ2v) is 5.73. The van der Waals surface area contributed by atoms with E-state index in [0.717, 1.165) is 11.3 Å². The molecule has 0 aromatic heterocycles. The molecule has 0 spiro atoms. The number of hydrogen-bond acceptors (Lipinski definition) is 1. The van der Waals surface area contributed by atoms with Crippen LogP contribution in [0, 0.1) is 13.8 Å². The van der Waals surface area contributed by atoms with Crippen LogP contribution in [0.1, 0.15) is 28.4 Å². The highest BCUT2D eigenvalue weighted by Crippen LogP contribution is 2.29. The predicted molar refractivity (Wildman–Crippen MR) is 89.7 cm³/mol. The zero-order chi connectivity index (χ0) is 15.6. The molecule has 0 heterocycles. The van der Waals surface area contributed by atoms with Crippen molar-refractivity contribution < 1.29 is 4.79 Å². The topological polar surface area (TPSA) is 20.3 Å². The maximum Gasteiger partial charge on any atom is 0.259 e. The highest BCUT2D eigenvalue weighted by Gasteiger charge is 2.21. The molecule has 2 rings (SSSR count). The summed E-state index contributed by atoms with van der Waals surface area (Å²) in [4.78, 5) is 14.5. The van der Waals surface area contributed by atoms with Gasteiger partial charge in [0.2, 0.25) is 0 Å². The van der Waals surface area contributed by atoms with E-state index in [0.29, 0.717) is 22.2 Å². The third-order valence-electron chi connectivity index (χ3n) is 3.39. The molecule has 0 aliphatic heterocycles. The Bertz CT molecular complexity index is 682. The summed E-state index contributed by atoms with van der Waals surface area (Å²) in [5.74, 6) is -0.142. The van der Waals surface area contributed by atoms with E-state index >= 15 is 0 Å². The molecular weight excluding hydrogens is 305 g/mol. The van der Waals surface area contributed by atoms with E-state index in [1.165, 1.54) is 5.56 Å². The van der Waals surface area contributed by atoms with Gasteiger partial charge in [-0.2, -0.15) is 0 Å². The molecule has 0 aliphatic carbocycles. The van der Waals surface area contributed by atoms with Crippen LogP contribution in [0.4, 0.5) is 5.69 Å². The van der Waals surface area contributed by atoms with E-state index in [1.54, 1.807) is 23.1 Å². The lowest BCUT2D eigenvalue weighted by atomic mass is 10.1. The zero-order valence-corrected chi connectivity index (χ0v) is 13.8. The average Bonchev–Trinajstić information content (AvgIpc) is 2.44. The van der Waals surface area contributed by atoms with Gasteiger partial charge >= 0.3 is 0 Å². The first kappa shape index (κ1) is 15.9. The first-order valence-corrected chi connectivity index (χ1v) is 7.54. The predicted octanol–water partition coefficient (Wildman–Crippen LogP) is 5.28. The second-order valence-electron chi connectivity index (χ2n) is 4.94. The molecule has 21 heavy (non-hydrogen) atoms. The van der Waals surface area contributed by atoms with Crippen LogP contribution in [-0.4, -0.2) is 12.5 Å². The maximum atomic E-state index is 12.8. The Balaban J connectivity index is 2.46. The standard InChI is InChI=1S/C17H17Cl2NO/c1-4-20(15-9-8-11(2)10-12(15)3)17(21)13-6-5-7-14(18)16(13)19/h5-10H,4H2,1-3H3. The largest absolute Gasteiger partial charge is 0.308 e. The molecule has 0 aliphatic rings. The van der Waals surface area contributed by atoms with Crippen LogP contribution in [0.2, 0.25) is 10.0 Å². The molecule has 0 N–H and O–H groups in total. The fraction of sp³-hybridized carbons (Fsp3) is 0.235. The number of nitrogens with zero attached hydrogens (tertiary/aromatic N) is 1. The average molecular weight is 322 g/mol. The van der Waals surface area contributed by atoms with Crippen LogP contribution in [0.25, 0.3) is 0 Å². The highest BCUT2D eigenvalue weighted by molar-refractivity contribution is 6.44. The summed E-state index contributed by atoms with van der Waals surface area (Å²) in [5, 5.41) is 0.687. The minimum absolute atomic E-state index is 0.142. The number of aryl methyl sites for hydroxylation is 2. The Morgan fingerprint density at radius 3 is 2.48 bits per heavy atom. The van der Waals surface area contributed by atoms with Crippen molar-refractivity contribution in [2.75, 3.05) is 11.4 Å². The lowest BCUT2D eigenvalue weighted by Crippen LogP contribution is -2.31. The normalized spacial score (nSPS) is 10.5. The van der Waals surface area contributed by atoms with Crippen molar-refractivity contribution in [2.45, 2.75) is 20.8 Å². The molecule has 0 bridgehead atoms. The molecule has 2 aromatic carbocycles. The number of rotatable bonds is 3. The first-order chi connectivity index (χ1) is 9.95. The van der Waals surface area contributed by atoms with Gasteiger partial charge in [-0.25, -0.2) is 0 Å². The smallest absolute Gasteiger partial charge is 0.259 e. The molecule has 0 saturated heterocycles. The Morgan fingerprint density at radius 2 is 1.86 bits per heavy atom. The van der Waals surface area contributed by atoms with Gasteiger partial charge in [-0.3, -0.25) is 4.79 Å². The minimum Gasteiger partial charge on any atom is -0.308 e. The molecule has 4 heteroatoms. The third-order valence-corrected chi connectivity index (χ3v) is 4.21. The van der Waals surface area contributed by atoms with E-state index in [1.807, 2.05) is 32.9 Å². The molecular formula is C17H17Cl2NO. The van der Waals surface area contributed by atoms with Gasteiger partial charge in [0.15, 0.2) is 0 Å². The summed E-state index contributed by atoms with van der Waals surface area (Å²) in [5.41, 5.74) is 3.54.